The lowest BCUT2D eigenvalue weighted by molar-refractivity contribution is -0.137. The lowest BCUT2D eigenvalue weighted by atomic mass is 10.1. The molecule has 2 aromatic rings. The molecule has 0 amide bonds. The van der Waals surface area contributed by atoms with E-state index in [-0.39, 0.29) is 6.42 Å². The summed E-state index contributed by atoms with van der Waals surface area (Å²) in [7, 11) is 0. The summed E-state index contributed by atoms with van der Waals surface area (Å²) in [5.41, 5.74) is 3.78. The highest BCUT2D eigenvalue weighted by Crippen LogP contribution is 2.29. The van der Waals surface area contributed by atoms with E-state index in [9.17, 15) is 4.79 Å². The van der Waals surface area contributed by atoms with Crippen LogP contribution in [-0.2, 0) is 24.3 Å². The average molecular weight is 285 g/mol. The van der Waals surface area contributed by atoms with Gasteiger partial charge in [-0.1, -0.05) is 30.3 Å². The summed E-state index contributed by atoms with van der Waals surface area (Å²) in [6, 6.07) is 10.3. The molecule has 0 spiro atoms. The second-order valence-corrected chi connectivity index (χ2v) is 5.53. The predicted molar refractivity (Wildman–Crippen MR) is 78.9 cm³/mol. The molecule has 1 N–H and O–H groups in total. The molecule has 2 heterocycles. The van der Waals surface area contributed by atoms with Gasteiger partial charge in [0.2, 0.25) is 0 Å². The molecule has 0 radical (unpaired) electrons. The highest BCUT2D eigenvalue weighted by Gasteiger charge is 2.24. The van der Waals surface area contributed by atoms with Crippen molar-refractivity contribution < 1.29 is 14.3 Å². The first-order valence-electron chi connectivity index (χ1n) is 7.28. The Morgan fingerprint density at radius 3 is 2.81 bits per heavy atom. The molecule has 0 saturated carbocycles. The summed E-state index contributed by atoms with van der Waals surface area (Å²) in [6.45, 7) is 2.56. The van der Waals surface area contributed by atoms with Crippen LogP contribution in [0.2, 0.25) is 0 Å². The summed E-state index contributed by atoms with van der Waals surface area (Å²) in [5.74, 6) is 0.317. The second-order valence-electron chi connectivity index (χ2n) is 5.53. The van der Waals surface area contributed by atoms with Crippen molar-refractivity contribution in [3.63, 3.8) is 0 Å². The Balaban J connectivity index is 1.61. The van der Waals surface area contributed by atoms with Crippen LogP contribution >= 0.6 is 0 Å². The number of nitrogens with zero attached hydrogens (tertiary/aromatic N) is 1. The van der Waals surface area contributed by atoms with Crippen LogP contribution in [0.5, 0.6) is 0 Å². The van der Waals surface area contributed by atoms with E-state index in [4.69, 9.17) is 9.52 Å². The number of hydrogen-bond acceptors (Lipinski definition) is 3. The number of carboxylic acid groups (broad SMARTS) is 1. The quantitative estimate of drug-likeness (QED) is 0.886. The van der Waals surface area contributed by atoms with Gasteiger partial charge < -0.3 is 9.52 Å². The van der Waals surface area contributed by atoms with Gasteiger partial charge in [-0.15, -0.1) is 0 Å². The molecule has 0 saturated heterocycles. The largest absolute Gasteiger partial charge is 0.481 e. The first-order valence-corrected chi connectivity index (χ1v) is 7.28. The van der Waals surface area contributed by atoms with Gasteiger partial charge in [-0.25, -0.2) is 0 Å². The second kappa shape index (κ2) is 6.14. The molecule has 1 aromatic carbocycles. The van der Waals surface area contributed by atoms with E-state index in [0.717, 1.165) is 31.8 Å². The fraction of sp³-hybridized carbons (Fsp3) is 0.353. The minimum atomic E-state index is -0.721. The number of fused-ring (bicyclic) bond motifs is 1. The maximum absolute atomic E-state index is 10.6. The van der Waals surface area contributed by atoms with Gasteiger partial charge >= 0.3 is 5.97 Å². The first-order chi connectivity index (χ1) is 10.2. The maximum Gasteiger partial charge on any atom is 0.303 e. The van der Waals surface area contributed by atoms with Crippen LogP contribution in [0.15, 0.2) is 41.0 Å². The average Bonchev–Trinajstić information content (AvgIpc) is 3.01. The Morgan fingerprint density at radius 1 is 1.24 bits per heavy atom. The lowest BCUT2D eigenvalue weighted by Gasteiger charge is -2.14. The third kappa shape index (κ3) is 3.34. The highest BCUT2D eigenvalue weighted by molar-refractivity contribution is 5.66. The number of carboxylic acids is 1. The molecule has 0 fully saturated rings. The SMILES string of the molecule is O=C(O)CCCN1Cc2coc(Cc3ccccc3)c2C1. The third-order valence-corrected chi connectivity index (χ3v) is 3.92. The maximum atomic E-state index is 10.6. The van der Waals surface area contributed by atoms with Crippen molar-refractivity contribution in [1.29, 1.82) is 0 Å². The van der Waals surface area contributed by atoms with E-state index in [1.54, 1.807) is 0 Å². The molecule has 0 atom stereocenters. The van der Waals surface area contributed by atoms with Crippen LogP contribution in [0.1, 0.15) is 35.3 Å². The van der Waals surface area contributed by atoms with Gasteiger partial charge in [-0.3, -0.25) is 9.69 Å². The van der Waals surface area contributed by atoms with Crippen LogP contribution < -0.4 is 0 Å². The fourth-order valence-electron chi connectivity index (χ4n) is 2.85. The Hall–Kier alpha value is -2.07. The van der Waals surface area contributed by atoms with Crippen molar-refractivity contribution in [3.05, 3.63) is 59.0 Å². The Bertz CT molecular complexity index is 618. The summed E-state index contributed by atoms with van der Waals surface area (Å²) < 4.78 is 5.71. The van der Waals surface area contributed by atoms with Crippen LogP contribution in [0, 0.1) is 0 Å². The van der Waals surface area contributed by atoms with Gasteiger partial charge in [-0.2, -0.15) is 0 Å². The molecule has 4 heteroatoms. The van der Waals surface area contributed by atoms with E-state index >= 15 is 0 Å². The molecular formula is C17H19NO3. The van der Waals surface area contributed by atoms with Gasteiger partial charge in [0.15, 0.2) is 0 Å². The summed E-state index contributed by atoms with van der Waals surface area (Å²) in [5, 5.41) is 8.70. The summed E-state index contributed by atoms with van der Waals surface area (Å²) in [4.78, 5) is 12.9. The predicted octanol–water partition coefficient (Wildman–Crippen LogP) is 3.05. The third-order valence-electron chi connectivity index (χ3n) is 3.92. The smallest absolute Gasteiger partial charge is 0.303 e. The van der Waals surface area contributed by atoms with Gasteiger partial charge in [0.05, 0.1) is 6.26 Å². The topological polar surface area (TPSA) is 53.7 Å². The zero-order chi connectivity index (χ0) is 14.7. The number of carbonyl (C=O) groups is 1. The zero-order valence-electron chi connectivity index (χ0n) is 11.9. The van der Waals surface area contributed by atoms with Gasteiger partial charge in [0, 0.05) is 37.1 Å². The van der Waals surface area contributed by atoms with Gasteiger partial charge in [-0.05, 0) is 18.5 Å². The normalized spacial score (nSPS) is 14.3. The minimum Gasteiger partial charge on any atom is -0.481 e. The first kappa shape index (κ1) is 13.9. The number of furan rings is 1. The van der Waals surface area contributed by atoms with Crippen molar-refractivity contribution in [3.8, 4) is 0 Å². The van der Waals surface area contributed by atoms with E-state index in [0.29, 0.717) is 6.42 Å². The fourth-order valence-corrected chi connectivity index (χ4v) is 2.85. The summed E-state index contributed by atoms with van der Waals surface area (Å²) >= 11 is 0. The zero-order valence-corrected chi connectivity index (χ0v) is 11.9. The number of aliphatic carboxylic acids is 1. The van der Waals surface area contributed by atoms with Crippen molar-refractivity contribution in [1.82, 2.24) is 4.90 Å². The minimum absolute atomic E-state index is 0.238. The van der Waals surface area contributed by atoms with Crippen LogP contribution in [0.25, 0.3) is 0 Å². The number of hydrogen-bond donors (Lipinski definition) is 1. The number of rotatable bonds is 6. The van der Waals surface area contributed by atoms with Crippen LogP contribution in [0.4, 0.5) is 0 Å². The molecule has 0 bridgehead atoms. The number of benzene rings is 1. The molecule has 21 heavy (non-hydrogen) atoms. The standard InChI is InChI=1S/C17H19NO3/c19-17(20)7-4-8-18-10-14-12-21-16(15(14)11-18)9-13-5-2-1-3-6-13/h1-3,5-6,12H,4,7-11H2,(H,19,20). The molecule has 110 valence electrons. The van der Waals surface area contributed by atoms with Crippen molar-refractivity contribution in [2.75, 3.05) is 6.54 Å². The molecule has 0 aliphatic carbocycles. The summed E-state index contributed by atoms with van der Waals surface area (Å²) in [6.07, 6.45) is 3.61. The van der Waals surface area contributed by atoms with Crippen LogP contribution in [-0.4, -0.2) is 22.5 Å². The Morgan fingerprint density at radius 2 is 2.05 bits per heavy atom. The van der Waals surface area contributed by atoms with Crippen molar-refractivity contribution in [2.45, 2.75) is 32.4 Å². The Labute approximate surface area is 124 Å². The van der Waals surface area contributed by atoms with Crippen LogP contribution in [0.3, 0.4) is 0 Å². The van der Waals surface area contributed by atoms with E-state index in [2.05, 4.69) is 17.0 Å². The van der Waals surface area contributed by atoms with E-state index in [1.165, 1.54) is 16.7 Å². The Kier molecular flexibility index (Phi) is 4.06. The molecular weight excluding hydrogens is 266 g/mol. The molecule has 1 aromatic heterocycles. The molecule has 3 rings (SSSR count). The van der Waals surface area contributed by atoms with E-state index < -0.39 is 5.97 Å². The lowest BCUT2D eigenvalue weighted by Crippen LogP contribution is -2.18. The van der Waals surface area contributed by atoms with E-state index in [1.807, 2.05) is 24.5 Å². The molecule has 0 unspecified atom stereocenters. The van der Waals surface area contributed by atoms with Crippen molar-refractivity contribution in [2.24, 2.45) is 0 Å². The molecule has 1 aliphatic rings. The van der Waals surface area contributed by atoms with Crippen molar-refractivity contribution >= 4 is 5.97 Å². The molecule has 4 nitrogen and oxygen atoms in total. The van der Waals surface area contributed by atoms with Gasteiger partial charge in [0.25, 0.3) is 0 Å². The highest BCUT2D eigenvalue weighted by atomic mass is 16.4. The molecule has 1 aliphatic heterocycles. The monoisotopic (exact) mass is 285 g/mol. The van der Waals surface area contributed by atoms with Gasteiger partial charge in [0.1, 0.15) is 5.76 Å².